The molecule has 2 saturated heterocycles. The third kappa shape index (κ3) is 3.70. The number of benzene rings is 1. The summed E-state index contributed by atoms with van der Waals surface area (Å²) in [6, 6.07) is 5.23. The number of urea groups is 1. The van der Waals surface area contributed by atoms with Gasteiger partial charge in [0.2, 0.25) is 5.91 Å². The van der Waals surface area contributed by atoms with Gasteiger partial charge in [0.15, 0.2) is 11.5 Å². The van der Waals surface area contributed by atoms with E-state index in [1.807, 2.05) is 18.0 Å². The minimum atomic E-state index is -0.153. The first-order valence-corrected chi connectivity index (χ1v) is 8.78. The summed E-state index contributed by atoms with van der Waals surface area (Å²) in [6.07, 6.45) is 0. The van der Waals surface area contributed by atoms with Crippen molar-refractivity contribution in [1.29, 1.82) is 0 Å². The molecule has 2 fully saturated rings. The van der Waals surface area contributed by atoms with Gasteiger partial charge in [-0.3, -0.25) is 9.69 Å². The van der Waals surface area contributed by atoms with Crippen LogP contribution in [0.4, 0.5) is 10.5 Å². The molecule has 0 N–H and O–H groups in total. The zero-order valence-electron chi connectivity index (χ0n) is 15.6. The molecule has 0 unspecified atom stereocenters. The molecule has 0 radical (unpaired) electrons. The van der Waals surface area contributed by atoms with Crippen molar-refractivity contribution in [1.82, 2.24) is 14.7 Å². The Balaban J connectivity index is 1.64. The zero-order valence-corrected chi connectivity index (χ0v) is 15.6. The molecule has 26 heavy (non-hydrogen) atoms. The van der Waals surface area contributed by atoms with E-state index in [0.29, 0.717) is 24.6 Å². The summed E-state index contributed by atoms with van der Waals surface area (Å²) in [5.74, 6) is 1.20. The smallest absolute Gasteiger partial charge is 0.325 e. The predicted molar refractivity (Wildman–Crippen MR) is 97.9 cm³/mol. The molecule has 1 aromatic rings. The molecule has 0 aliphatic carbocycles. The number of anilines is 1. The Morgan fingerprint density at radius 3 is 2.35 bits per heavy atom. The highest BCUT2D eigenvalue weighted by Crippen LogP contribution is 2.32. The van der Waals surface area contributed by atoms with Crippen molar-refractivity contribution in [2.24, 2.45) is 0 Å². The van der Waals surface area contributed by atoms with Crippen molar-refractivity contribution in [3.8, 4) is 11.5 Å². The van der Waals surface area contributed by atoms with E-state index in [4.69, 9.17) is 9.47 Å². The van der Waals surface area contributed by atoms with Crippen LogP contribution in [0.15, 0.2) is 18.2 Å². The van der Waals surface area contributed by atoms with Gasteiger partial charge in [0, 0.05) is 51.0 Å². The van der Waals surface area contributed by atoms with E-state index in [0.717, 1.165) is 31.9 Å². The molecular formula is C18H26N4O4. The van der Waals surface area contributed by atoms with Crippen LogP contribution in [-0.4, -0.2) is 93.7 Å². The molecule has 0 aromatic heterocycles. The van der Waals surface area contributed by atoms with Gasteiger partial charge in [-0.2, -0.15) is 0 Å². The van der Waals surface area contributed by atoms with Crippen LogP contribution in [-0.2, 0) is 4.79 Å². The SMILES string of the molecule is COc1ccc(N2CCN(CC(=O)N3CCN(C)CC3)C2=O)cc1OC. The fourth-order valence-corrected chi connectivity index (χ4v) is 3.28. The second-order valence-corrected chi connectivity index (χ2v) is 6.58. The Labute approximate surface area is 153 Å². The summed E-state index contributed by atoms with van der Waals surface area (Å²) in [5.41, 5.74) is 0.738. The molecule has 142 valence electrons. The van der Waals surface area contributed by atoms with E-state index in [1.165, 1.54) is 0 Å². The van der Waals surface area contributed by atoms with E-state index in [9.17, 15) is 9.59 Å². The van der Waals surface area contributed by atoms with Gasteiger partial charge in [-0.1, -0.05) is 0 Å². The topological polar surface area (TPSA) is 65.6 Å². The number of ether oxygens (including phenoxy) is 2. The minimum Gasteiger partial charge on any atom is -0.493 e. The van der Waals surface area contributed by atoms with Gasteiger partial charge in [0.05, 0.1) is 14.2 Å². The summed E-state index contributed by atoms with van der Waals surface area (Å²) in [5, 5.41) is 0. The van der Waals surface area contributed by atoms with Crippen molar-refractivity contribution >= 4 is 17.6 Å². The molecule has 3 amide bonds. The average molecular weight is 362 g/mol. The highest BCUT2D eigenvalue weighted by molar-refractivity contribution is 5.96. The Kier molecular flexibility index (Phi) is 5.51. The molecular weight excluding hydrogens is 336 g/mol. The molecule has 0 spiro atoms. The average Bonchev–Trinajstić information content (AvgIpc) is 3.02. The molecule has 0 bridgehead atoms. The first-order valence-electron chi connectivity index (χ1n) is 8.78. The number of likely N-dealkylation sites (N-methyl/N-ethyl adjacent to an activating group) is 1. The van der Waals surface area contributed by atoms with Crippen LogP contribution in [0.3, 0.4) is 0 Å². The fourth-order valence-electron chi connectivity index (χ4n) is 3.28. The maximum absolute atomic E-state index is 12.7. The highest BCUT2D eigenvalue weighted by atomic mass is 16.5. The molecule has 0 atom stereocenters. The summed E-state index contributed by atoms with van der Waals surface area (Å²) < 4.78 is 10.5. The summed E-state index contributed by atoms with van der Waals surface area (Å²) in [4.78, 5) is 32.5. The molecule has 2 aliphatic rings. The van der Waals surface area contributed by atoms with Crippen molar-refractivity contribution in [3.63, 3.8) is 0 Å². The van der Waals surface area contributed by atoms with Gasteiger partial charge in [-0.15, -0.1) is 0 Å². The van der Waals surface area contributed by atoms with Crippen LogP contribution >= 0.6 is 0 Å². The number of hydrogen-bond donors (Lipinski definition) is 0. The van der Waals surface area contributed by atoms with E-state index < -0.39 is 0 Å². The van der Waals surface area contributed by atoms with Crippen molar-refractivity contribution in [3.05, 3.63) is 18.2 Å². The standard InChI is InChI=1S/C18H26N4O4/c1-19-6-8-20(9-7-19)17(23)13-21-10-11-22(18(21)24)14-4-5-15(25-2)16(12-14)26-3/h4-5,12H,6-11,13H2,1-3H3. The Morgan fingerprint density at radius 1 is 1.00 bits per heavy atom. The van der Waals surface area contributed by atoms with Crippen LogP contribution in [0.5, 0.6) is 11.5 Å². The number of methoxy groups -OCH3 is 2. The van der Waals surface area contributed by atoms with Gasteiger partial charge in [0.1, 0.15) is 6.54 Å². The largest absolute Gasteiger partial charge is 0.493 e. The number of rotatable bonds is 5. The molecule has 8 nitrogen and oxygen atoms in total. The van der Waals surface area contributed by atoms with Gasteiger partial charge in [-0.05, 0) is 19.2 Å². The lowest BCUT2D eigenvalue weighted by atomic mass is 10.2. The maximum atomic E-state index is 12.7. The van der Waals surface area contributed by atoms with Gasteiger partial charge in [0.25, 0.3) is 0 Å². The van der Waals surface area contributed by atoms with E-state index in [1.54, 1.807) is 36.2 Å². The first-order chi connectivity index (χ1) is 12.5. The number of carbonyl (C=O) groups is 2. The number of piperazine rings is 1. The Bertz CT molecular complexity index is 673. The van der Waals surface area contributed by atoms with Crippen LogP contribution in [0.1, 0.15) is 0 Å². The Hall–Kier alpha value is -2.48. The predicted octanol–water partition coefficient (Wildman–Crippen LogP) is 0.720. The van der Waals surface area contributed by atoms with E-state index >= 15 is 0 Å². The molecule has 2 heterocycles. The lowest BCUT2D eigenvalue weighted by molar-refractivity contribution is -0.133. The Morgan fingerprint density at radius 2 is 1.69 bits per heavy atom. The number of nitrogens with zero attached hydrogens (tertiary/aromatic N) is 4. The maximum Gasteiger partial charge on any atom is 0.325 e. The van der Waals surface area contributed by atoms with Gasteiger partial charge < -0.3 is 24.2 Å². The van der Waals surface area contributed by atoms with Crippen LogP contribution in [0, 0.1) is 0 Å². The monoisotopic (exact) mass is 362 g/mol. The third-order valence-electron chi connectivity index (χ3n) is 4.96. The molecule has 8 heteroatoms. The van der Waals surface area contributed by atoms with Gasteiger partial charge in [-0.25, -0.2) is 4.79 Å². The molecule has 3 rings (SSSR count). The van der Waals surface area contributed by atoms with Crippen LogP contribution < -0.4 is 14.4 Å². The summed E-state index contributed by atoms with van der Waals surface area (Å²) in [6.45, 7) is 4.39. The summed E-state index contributed by atoms with van der Waals surface area (Å²) >= 11 is 0. The highest BCUT2D eigenvalue weighted by Gasteiger charge is 2.32. The lowest BCUT2D eigenvalue weighted by Gasteiger charge is -2.33. The van der Waals surface area contributed by atoms with E-state index in [-0.39, 0.29) is 18.5 Å². The molecule has 2 aliphatic heterocycles. The fraction of sp³-hybridized carbons (Fsp3) is 0.556. The first kappa shape index (κ1) is 18.3. The van der Waals surface area contributed by atoms with Crippen molar-refractivity contribution in [2.45, 2.75) is 0 Å². The quantitative estimate of drug-likeness (QED) is 0.772. The van der Waals surface area contributed by atoms with E-state index in [2.05, 4.69) is 4.90 Å². The number of hydrogen-bond acceptors (Lipinski definition) is 5. The lowest BCUT2D eigenvalue weighted by Crippen LogP contribution is -2.50. The normalized spacial score (nSPS) is 18.4. The van der Waals surface area contributed by atoms with Crippen LogP contribution in [0.25, 0.3) is 0 Å². The van der Waals surface area contributed by atoms with Crippen molar-refractivity contribution in [2.75, 3.05) is 72.0 Å². The summed E-state index contributed by atoms with van der Waals surface area (Å²) in [7, 11) is 5.19. The van der Waals surface area contributed by atoms with Crippen molar-refractivity contribution < 1.29 is 19.1 Å². The van der Waals surface area contributed by atoms with Gasteiger partial charge >= 0.3 is 6.03 Å². The van der Waals surface area contributed by atoms with Crippen LogP contribution in [0.2, 0.25) is 0 Å². The number of carbonyl (C=O) groups excluding carboxylic acids is 2. The zero-order chi connectivity index (χ0) is 18.7. The second kappa shape index (κ2) is 7.82. The second-order valence-electron chi connectivity index (χ2n) is 6.58. The third-order valence-corrected chi connectivity index (χ3v) is 4.96. The molecule has 0 saturated carbocycles. The minimum absolute atomic E-state index is 0.0145. The number of amides is 3. The molecule has 1 aromatic carbocycles.